The van der Waals surface area contributed by atoms with Gasteiger partial charge in [-0.15, -0.1) is 0 Å². The zero-order chi connectivity index (χ0) is 32.0. The molecule has 10 heteroatoms. The van der Waals surface area contributed by atoms with Crippen molar-refractivity contribution in [1.82, 2.24) is 15.5 Å². The molecule has 1 fully saturated rings. The van der Waals surface area contributed by atoms with Crippen LogP contribution in [0.4, 0.5) is 0 Å². The summed E-state index contributed by atoms with van der Waals surface area (Å²) < 4.78 is 25.9. The van der Waals surface area contributed by atoms with Crippen LogP contribution in [-0.2, 0) is 25.8 Å². The second-order valence-electron chi connectivity index (χ2n) is 13.3. The summed E-state index contributed by atoms with van der Waals surface area (Å²) in [5, 5.41) is 27.5. The fourth-order valence-corrected chi connectivity index (χ4v) is 7.51. The standard InChI is InChI=1S/C33H57N3O6S/c1-24(2)19-30(37)31(38)29(21-27-15-10-7-11-16-27)35-32(39)25(3)22-34-33(40)28(20-26-13-8-6-9-14-26)23-43(41,42)18-12-17-36(4)5/h6,8-9,13-14,24-25,27-31,37-38H,7,10-12,15-23H2,1-5H3,(H,34,40)(H,35,39). The van der Waals surface area contributed by atoms with Gasteiger partial charge >= 0.3 is 0 Å². The highest BCUT2D eigenvalue weighted by Gasteiger charge is 2.32. The summed E-state index contributed by atoms with van der Waals surface area (Å²) in [6.07, 6.45) is 5.35. The summed E-state index contributed by atoms with van der Waals surface area (Å²) in [7, 11) is 0.311. The fraction of sp³-hybridized carbons (Fsp3) is 0.758. The summed E-state index contributed by atoms with van der Waals surface area (Å²) >= 11 is 0. The van der Waals surface area contributed by atoms with E-state index in [0.717, 1.165) is 31.2 Å². The molecule has 0 aliphatic heterocycles. The van der Waals surface area contributed by atoms with E-state index in [9.17, 15) is 28.2 Å². The topological polar surface area (TPSA) is 136 Å². The molecular formula is C33H57N3O6S. The number of amides is 2. The van der Waals surface area contributed by atoms with Gasteiger partial charge in [0.15, 0.2) is 9.84 Å². The Morgan fingerprint density at radius 1 is 1.00 bits per heavy atom. The quantitative estimate of drug-likeness (QED) is 0.186. The second kappa shape index (κ2) is 18.7. The highest BCUT2D eigenvalue weighted by atomic mass is 32.2. The molecule has 9 nitrogen and oxygen atoms in total. The Hall–Kier alpha value is -2.01. The highest BCUT2D eigenvalue weighted by Crippen LogP contribution is 2.29. The Bertz CT molecular complexity index is 1060. The van der Waals surface area contributed by atoms with Crippen LogP contribution in [0.25, 0.3) is 0 Å². The molecule has 0 radical (unpaired) electrons. The van der Waals surface area contributed by atoms with Crippen LogP contribution in [0, 0.1) is 23.7 Å². The van der Waals surface area contributed by atoms with Gasteiger partial charge in [-0.3, -0.25) is 9.59 Å². The van der Waals surface area contributed by atoms with Crippen LogP contribution in [0.3, 0.4) is 0 Å². The molecule has 43 heavy (non-hydrogen) atoms. The van der Waals surface area contributed by atoms with Gasteiger partial charge < -0.3 is 25.7 Å². The maximum Gasteiger partial charge on any atom is 0.224 e. The molecule has 1 saturated carbocycles. The third kappa shape index (κ3) is 14.5. The van der Waals surface area contributed by atoms with Crippen LogP contribution in [0.2, 0.25) is 0 Å². The lowest BCUT2D eigenvalue weighted by atomic mass is 9.82. The lowest BCUT2D eigenvalue weighted by Gasteiger charge is -2.33. The van der Waals surface area contributed by atoms with Gasteiger partial charge in [0.1, 0.15) is 6.10 Å². The lowest BCUT2D eigenvalue weighted by Crippen LogP contribution is -2.52. The van der Waals surface area contributed by atoms with Crippen molar-refractivity contribution in [3.8, 4) is 0 Å². The molecule has 1 aliphatic carbocycles. The SMILES string of the molecule is CC(C)CC(O)C(O)C(CC1CCCCC1)NC(=O)C(C)CNC(=O)C(Cc1ccccc1)CS(=O)(=O)CCCN(C)C. The molecule has 1 aliphatic rings. The average molecular weight is 624 g/mol. The lowest BCUT2D eigenvalue weighted by molar-refractivity contribution is -0.128. The Kier molecular flexibility index (Phi) is 16.2. The normalized spacial score (nSPS) is 18.2. The van der Waals surface area contributed by atoms with Crippen molar-refractivity contribution in [2.24, 2.45) is 23.7 Å². The number of hydrogen-bond acceptors (Lipinski definition) is 7. The van der Waals surface area contributed by atoms with E-state index in [2.05, 4.69) is 10.6 Å². The first-order valence-electron chi connectivity index (χ1n) is 16.1. The maximum absolute atomic E-state index is 13.3. The number of nitrogens with zero attached hydrogens (tertiary/aromatic N) is 1. The predicted molar refractivity (Wildman–Crippen MR) is 172 cm³/mol. The minimum Gasteiger partial charge on any atom is -0.390 e. The van der Waals surface area contributed by atoms with Crippen molar-refractivity contribution in [3.05, 3.63) is 35.9 Å². The van der Waals surface area contributed by atoms with Crippen LogP contribution in [-0.4, -0.2) is 92.3 Å². The number of aliphatic hydroxyl groups excluding tert-OH is 2. The van der Waals surface area contributed by atoms with E-state index in [1.54, 1.807) is 6.92 Å². The third-order valence-corrected chi connectivity index (χ3v) is 10.2. The predicted octanol–water partition coefficient (Wildman–Crippen LogP) is 3.19. The molecule has 0 aromatic heterocycles. The Labute approximate surface area is 260 Å². The summed E-state index contributed by atoms with van der Waals surface area (Å²) in [6, 6.07) is 8.76. The molecule has 0 bridgehead atoms. The average Bonchev–Trinajstić information content (AvgIpc) is 2.94. The Balaban J connectivity index is 2.05. The number of aliphatic hydroxyl groups is 2. The van der Waals surface area contributed by atoms with Gasteiger partial charge in [-0.2, -0.15) is 0 Å². The number of benzene rings is 1. The van der Waals surface area contributed by atoms with E-state index in [-0.39, 0.29) is 36.3 Å². The molecule has 0 heterocycles. The molecular weight excluding hydrogens is 566 g/mol. The number of rotatable bonds is 19. The minimum absolute atomic E-state index is 0.00985. The zero-order valence-corrected chi connectivity index (χ0v) is 27.8. The van der Waals surface area contributed by atoms with E-state index in [1.165, 1.54) is 6.42 Å². The Morgan fingerprint density at radius 2 is 1.65 bits per heavy atom. The molecule has 5 unspecified atom stereocenters. The molecule has 246 valence electrons. The Morgan fingerprint density at radius 3 is 2.26 bits per heavy atom. The van der Waals surface area contributed by atoms with Crippen LogP contribution in [0.1, 0.15) is 77.7 Å². The molecule has 2 amide bonds. The van der Waals surface area contributed by atoms with E-state index < -0.39 is 45.8 Å². The first-order chi connectivity index (χ1) is 20.3. The smallest absolute Gasteiger partial charge is 0.224 e. The van der Waals surface area contributed by atoms with Crippen LogP contribution in [0.15, 0.2) is 30.3 Å². The van der Waals surface area contributed by atoms with Crippen molar-refractivity contribution in [2.75, 3.05) is 38.7 Å². The van der Waals surface area contributed by atoms with E-state index in [0.29, 0.717) is 31.7 Å². The van der Waals surface area contributed by atoms with Crippen molar-refractivity contribution >= 4 is 21.7 Å². The van der Waals surface area contributed by atoms with Crippen molar-refractivity contribution < 1.29 is 28.2 Å². The van der Waals surface area contributed by atoms with E-state index >= 15 is 0 Å². The number of nitrogens with one attached hydrogen (secondary N) is 2. The highest BCUT2D eigenvalue weighted by molar-refractivity contribution is 7.91. The molecule has 0 saturated heterocycles. The minimum atomic E-state index is -3.47. The molecule has 0 spiro atoms. The molecule has 2 rings (SSSR count). The van der Waals surface area contributed by atoms with Crippen LogP contribution < -0.4 is 10.6 Å². The first-order valence-corrected chi connectivity index (χ1v) is 17.9. The molecule has 1 aromatic rings. The van der Waals surface area contributed by atoms with E-state index in [1.807, 2.05) is 63.2 Å². The number of carbonyl (C=O) groups is 2. The molecule has 4 N–H and O–H groups in total. The third-order valence-electron chi connectivity index (χ3n) is 8.40. The van der Waals surface area contributed by atoms with Gasteiger partial charge in [-0.1, -0.05) is 83.2 Å². The monoisotopic (exact) mass is 623 g/mol. The largest absolute Gasteiger partial charge is 0.390 e. The number of sulfone groups is 1. The van der Waals surface area contributed by atoms with Gasteiger partial charge in [-0.05, 0) is 63.7 Å². The van der Waals surface area contributed by atoms with Crippen molar-refractivity contribution in [3.63, 3.8) is 0 Å². The second-order valence-corrected chi connectivity index (χ2v) is 15.6. The van der Waals surface area contributed by atoms with Crippen molar-refractivity contribution in [2.45, 2.75) is 96.8 Å². The van der Waals surface area contributed by atoms with Crippen LogP contribution in [0.5, 0.6) is 0 Å². The molecule has 5 atom stereocenters. The summed E-state index contributed by atoms with van der Waals surface area (Å²) in [6.45, 7) is 6.35. The van der Waals surface area contributed by atoms with Gasteiger partial charge in [0.05, 0.1) is 35.5 Å². The maximum atomic E-state index is 13.3. The fourth-order valence-electron chi connectivity index (χ4n) is 5.89. The van der Waals surface area contributed by atoms with E-state index in [4.69, 9.17) is 0 Å². The first kappa shape index (κ1) is 37.2. The summed E-state index contributed by atoms with van der Waals surface area (Å²) in [5.41, 5.74) is 0.872. The van der Waals surface area contributed by atoms with Gasteiger partial charge in [0.25, 0.3) is 0 Å². The number of hydrogen-bond donors (Lipinski definition) is 4. The zero-order valence-electron chi connectivity index (χ0n) is 27.0. The van der Waals surface area contributed by atoms with Gasteiger partial charge in [-0.25, -0.2) is 8.42 Å². The van der Waals surface area contributed by atoms with Gasteiger partial charge in [0, 0.05) is 6.54 Å². The summed E-state index contributed by atoms with van der Waals surface area (Å²) in [5.74, 6) is -1.77. The molecule has 1 aromatic carbocycles. The van der Waals surface area contributed by atoms with Crippen molar-refractivity contribution in [1.29, 1.82) is 0 Å². The van der Waals surface area contributed by atoms with Gasteiger partial charge in [0.2, 0.25) is 11.8 Å². The number of carbonyl (C=O) groups excluding carboxylic acids is 2. The summed E-state index contributed by atoms with van der Waals surface area (Å²) in [4.78, 5) is 28.5. The van der Waals surface area contributed by atoms with Crippen LogP contribution >= 0.6 is 0 Å².